The van der Waals surface area contributed by atoms with Gasteiger partial charge in [-0.25, -0.2) is 0 Å². The zero-order chi connectivity index (χ0) is 15.2. The molecule has 0 fully saturated rings. The quantitative estimate of drug-likeness (QED) is 0.799. The fraction of sp³-hybridized carbons (Fsp3) is 0.200. The molecule has 0 aliphatic rings. The van der Waals surface area contributed by atoms with Crippen LogP contribution in [0.25, 0.3) is 0 Å². The lowest BCUT2D eigenvalue weighted by molar-refractivity contribution is -0.117. The van der Waals surface area contributed by atoms with Crippen molar-refractivity contribution in [3.8, 4) is 0 Å². The number of benzene rings is 1. The molecule has 2 aromatic rings. The number of nitrogens with one attached hydrogen (secondary N) is 1. The highest BCUT2D eigenvalue weighted by Gasteiger charge is 2.08. The Balaban J connectivity index is 1.84. The van der Waals surface area contributed by atoms with Gasteiger partial charge in [0.15, 0.2) is 0 Å². The smallest absolute Gasteiger partial charge is 0.238 e. The first kappa shape index (κ1) is 15.2. The van der Waals surface area contributed by atoms with Crippen LogP contribution in [0.5, 0.6) is 0 Å². The summed E-state index contributed by atoms with van der Waals surface area (Å²) in [5, 5.41) is 2.83. The molecule has 0 atom stereocenters. The lowest BCUT2D eigenvalue weighted by Crippen LogP contribution is -2.29. The van der Waals surface area contributed by atoms with Crippen LogP contribution in [0.4, 0.5) is 5.69 Å². The Morgan fingerprint density at radius 2 is 2.05 bits per heavy atom. The van der Waals surface area contributed by atoms with Gasteiger partial charge in [0.2, 0.25) is 5.91 Å². The first-order valence-electron chi connectivity index (χ1n) is 6.44. The molecule has 2 rings (SSSR count). The fourth-order valence-electron chi connectivity index (χ4n) is 1.91. The molecule has 0 aliphatic carbocycles. The van der Waals surface area contributed by atoms with Crippen LogP contribution in [0.1, 0.15) is 11.1 Å². The summed E-state index contributed by atoms with van der Waals surface area (Å²) in [4.78, 5) is 14.2. The van der Waals surface area contributed by atoms with Gasteiger partial charge in [0.1, 0.15) is 4.99 Å². The third kappa shape index (κ3) is 4.70. The van der Waals surface area contributed by atoms with Crippen molar-refractivity contribution < 1.29 is 9.21 Å². The Morgan fingerprint density at radius 3 is 2.62 bits per heavy atom. The molecule has 3 N–H and O–H groups in total. The van der Waals surface area contributed by atoms with Crippen molar-refractivity contribution in [3.63, 3.8) is 0 Å². The van der Waals surface area contributed by atoms with E-state index in [0.29, 0.717) is 18.1 Å². The number of furan rings is 1. The Bertz CT molecular complexity index is 608. The molecule has 110 valence electrons. The van der Waals surface area contributed by atoms with E-state index in [2.05, 4.69) is 5.32 Å². The molecule has 0 unspecified atom stereocenters. The average Bonchev–Trinajstić information content (AvgIpc) is 2.91. The molecule has 0 saturated heterocycles. The van der Waals surface area contributed by atoms with Crippen molar-refractivity contribution in [2.24, 2.45) is 5.73 Å². The highest BCUT2D eigenvalue weighted by molar-refractivity contribution is 7.80. The largest absolute Gasteiger partial charge is 0.472 e. The van der Waals surface area contributed by atoms with Gasteiger partial charge >= 0.3 is 0 Å². The number of anilines is 1. The Hall–Kier alpha value is -2.18. The topological polar surface area (TPSA) is 71.5 Å². The third-order valence-electron chi connectivity index (χ3n) is 2.90. The second-order valence-corrected chi connectivity index (χ2v) is 5.23. The van der Waals surface area contributed by atoms with Gasteiger partial charge in [0.25, 0.3) is 0 Å². The van der Waals surface area contributed by atoms with Crippen molar-refractivity contribution in [2.45, 2.75) is 6.54 Å². The number of hydrogen-bond acceptors (Lipinski definition) is 4. The van der Waals surface area contributed by atoms with E-state index in [4.69, 9.17) is 22.4 Å². The molecule has 21 heavy (non-hydrogen) atoms. The summed E-state index contributed by atoms with van der Waals surface area (Å²) in [6, 6.07) is 9.01. The predicted molar refractivity (Wildman–Crippen MR) is 86.0 cm³/mol. The summed E-state index contributed by atoms with van der Waals surface area (Å²) in [6.45, 7) is 0.951. The summed E-state index contributed by atoms with van der Waals surface area (Å²) >= 11 is 4.88. The molecule has 1 aromatic heterocycles. The van der Waals surface area contributed by atoms with Crippen LogP contribution in [0, 0.1) is 0 Å². The van der Waals surface area contributed by atoms with Crippen molar-refractivity contribution >= 4 is 28.8 Å². The number of rotatable bonds is 6. The Morgan fingerprint density at radius 1 is 1.33 bits per heavy atom. The number of likely N-dealkylation sites (N-methyl/N-ethyl adjacent to an activating group) is 1. The van der Waals surface area contributed by atoms with E-state index in [1.54, 1.807) is 36.8 Å². The van der Waals surface area contributed by atoms with Crippen LogP contribution >= 0.6 is 12.2 Å². The van der Waals surface area contributed by atoms with Gasteiger partial charge in [-0.05, 0) is 37.4 Å². The molecule has 1 heterocycles. The molecular formula is C15H17N3O2S. The van der Waals surface area contributed by atoms with Crippen LogP contribution in [-0.2, 0) is 11.3 Å². The van der Waals surface area contributed by atoms with Crippen molar-refractivity contribution in [3.05, 3.63) is 54.0 Å². The van der Waals surface area contributed by atoms with Gasteiger partial charge < -0.3 is 15.5 Å². The molecule has 6 heteroatoms. The van der Waals surface area contributed by atoms with Crippen LogP contribution in [-0.4, -0.2) is 29.4 Å². The standard InChI is InChI=1S/C15H17N3O2S/c1-18(8-11-6-7-20-10-11)9-14(19)17-13-4-2-12(3-5-13)15(16)21/h2-7,10H,8-9H2,1H3,(H2,16,21)(H,17,19). The molecule has 0 saturated carbocycles. The Kier molecular flexibility index (Phi) is 5.08. The first-order chi connectivity index (χ1) is 10.0. The van der Waals surface area contributed by atoms with Crippen molar-refractivity contribution in [1.29, 1.82) is 0 Å². The highest BCUT2D eigenvalue weighted by Crippen LogP contribution is 2.10. The van der Waals surface area contributed by atoms with Crippen molar-refractivity contribution in [2.75, 3.05) is 18.9 Å². The maximum atomic E-state index is 11.9. The average molecular weight is 303 g/mol. The minimum absolute atomic E-state index is 0.0796. The van der Waals surface area contributed by atoms with Gasteiger partial charge in [-0.1, -0.05) is 12.2 Å². The second kappa shape index (κ2) is 7.01. The lowest BCUT2D eigenvalue weighted by Gasteiger charge is -2.15. The molecule has 0 radical (unpaired) electrons. The van der Waals surface area contributed by atoms with Gasteiger partial charge in [-0.3, -0.25) is 9.69 Å². The van der Waals surface area contributed by atoms with Crippen molar-refractivity contribution in [1.82, 2.24) is 4.90 Å². The van der Waals surface area contributed by atoms with Gasteiger partial charge in [0, 0.05) is 23.4 Å². The summed E-state index contributed by atoms with van der Waals surface area (Å²) in [5.74, 6) is -0.0796. The highest BCUT2D eigenvalue weighted by atomic mass is 32.1. The zero-order valence-electron chi connectivity index (χ0n) is 11.7. The number of amides is 1. The lowest BCUT2D eigenvalue weighted by atomic mass is 10.2. The number of carbonyl (C=O) groups is 1. The Labute approximate surface area is 128 Å². The minimum Gasteiger partial charge on any atom is -0.472 e. The van der Waals surface area contributed by atoms with Gasteiger partial charge in [-0.15, -0.1) is 0 Å². The molecule has 1 amide bonds. The molecule has 1 aromatic carbocycles. The number of carbonyl (C=O) groups excluding carboxylic acids is 1. The maximum Gasteiger partial charge on any atom is 0.238 e. The van der Waals surface area contributed by atoms with Gasteiger partial charge in [-0.2, -0.15) is 0 Å². The SMILES string of the molecule is CN(CC(=O)Nc1ccc(C(N)=S)cc1)Cc1ccoc1. The zero-order valence-corrected chi connectivity index (χ0v) is 12.5. The predicted octanol–water partition coefficient (Wildman–Crippen LogP) is 1.98. The van der Waals surface area contributed by atoms with Gasteiger partial charge in [0.05, 0.1) is 19.1 Å². The van der Waals surface area contributed by atoms with Crippen LogP contribution < -0.4 is 11.1 Å². The molecule has 0 aliphatic heterocycles. The number of thiocarbonyl (C=S) groups is 1. The summed E-state index contributed by atoms with van der Waals surface area (Å²) in [7, 11) is 1.88. The number of hydrogen-bond donors (Lipinski definition) is 2. The van der Waals surface area contributed by atoms with E-state index in [9.17, 15) is 4.79 Å². The third-order valence-corrected chi connectivity index (χ3v) is 3.13. The monoisotopic (exact) mass is 303 g/mol. The minimum atomic E-state index is -0.0796. The van der Waals surface area contributed by atoms with E-state index in [1.807, 2.05) is 18.0 Å². The second-order valence-electron chi connectivity index (χ2n) is 4.79. The molecule has 0 spiro atoms. The first-order valence-corrected chi connectivity index (χ1v) is 6.85. The summed E-state index contributed by atoms with van der Waals surface area (Å²) < 4.78 is 5.00. The number of nitrogens with two attached hydrogens (primary N) is 1. The normalized spacial score (nSPS) is 10.6. The van der Waals surface area contributed by atoms with Crippen LogP contribution in [0.15, 0.2) is 47.3 Å². The molecular weight excluding hydrogens is 286 g/mol. The van der Waals surface area contributed by atoms with E-state index < -0.39 is 0 Å². The summed E-state index contributed by atoms with van der Waals surface area (Å²) in [6.07, 6.45) is 3.29. The van der Waals surface area contributed by atoms with E-state index in [-0.39, 0.29) is 5.91 Å². The maximum absolute atomic E-state index is 11.9. The molecule has 0 bridgehead atoms. The fourth-order valence-corrected chi connectivity index (χ4v) is 2.05. The van der Waals surface area contributed by atoms with E-state index >= 15 is 0 Å². The molecule has 5 nitrogen and oxygen atoms in total. The summed E-state index contributed by atoms with van der Waals surface area (Å²) in [5.41, 5.74) is 8.06. The van der Waals surface area contributed by atoms with E-state index in [1.165, 1.54) is 0 Å². The van der Waals surface area contributed by atoms with Crippen LogP contribution in [0.2, 0.25) is 0 Å². The number of nitrogens with zero attached hydrogens (tertiary/aromatic N) is 1. The van der Waals surface area contributed by atoms with Crippen LogP contribution in [0.3, 0.4) is 0 Å². The van der Waals surface area contributed by atoms with E-state index in [0.717, 1.165) is 16.8 Å².